The van der Waals surface area contributed by atoms with Crippen LogP contribution in [0.3, 0.4) is 0 Å². The summed E-state index contributed by atoms with van der Waals surface area (Å²) in [5.74, 6) is 0.776. The van der Waals surface area contributed by atoms with E-state index < -0.39 is 0 Å². The highest BCUT2D eigenvalue weighted by atomic mass is 16.5. The van der Waals surface area contributed by atoms with Crippen molar-refractivity contribution in [1.82, 2.24) is 25.7 Å². The fourth-order valence-corrected chi connectivity index (χ4v) is 3.78. The Morgan fingerprint density at radius 1 is 1.21 bits per heavy atom. The molecule has 2 atom stereocenters. The van der Waals surface area contributed by atoms with Crippen molar-refractivity contribution in [3.05, 3.63) is 18.5 Å². The number of nitrogens with one attached hydrogen (secondary N) is 2. The second-order valence-electron chi connectivity index (χ2n) is 6.85. The number of hydrazine groups is 1. The maximum absolute atomic E-state index is 6.23. The van der Waals surface area contributed by atoms with E-state index >= 15 is 0 Å². The standard InChI is InChI=1S/C16H26N6O2/c1-3-17-15(18-4-1)22-7-9-24-16(12-22)11-21(6-8-23-13-16)10-14-2-5-19-20-14/h1,3-4,14,19-20H,2,5-13H2. The van der Waals surface area contributed by atoms with Crippen LogP contribution in [0.1, 0.15) is 6.42 Å². The Balaban J connectivity index is 1.45. The highest BCUT2D eigenvalue weighted by Crippen LogP contribution is 2.25. The zero-order valence-corrected chi connectivity index (χ0v) is 14.0. The molecule has 3 aliphatic rings. The number of anilines is 1. The molecule has 8 heteroatoms. The van der Waals surface area contributed by atoms with Gasteiger partial charge in [0.15, 0.2) is 0 Å². The molecular weight excluding hydrogens is 308 g/mol. The number of ether oxygens (including phenoxy) is 2. The Bertz CT molecular complexity index is 527. The van der Waals surface area contributed by atoms with E-state index in [0.29, 0.717) is 19.3 Å². The van der Waals surface area contributed by atoms with E-state index in [0.717, 1.165) is 58.2 Å². The smallest absolute Gasteiger partial charge is 0.225 e. The number of nitrogens with zero attached hydrogens (tertiary/aromatic N) is 4. The molecular formula is C16H26N6O2. The summed E-state index contributed by atoms with van der Waals surface area (Å²) in [6.07, 6.45) is 4.74. The second-order valence-corrected chi connectivity index (χ2v) is 6.85. The van der Waals surface area contributed by atoms with Crippen molar-refractivity contribution in [2.75, 3.05) is 64.0 Å². The van der Waals surface area contributed by atoms with E-state index in [1.54, 1.807) is 12.4 Å². The summed E-state index contributed by atoms with van der Waals surface area (Å²) in [5, 5.41) is 0. The molecule has 4 heterocycles. The molecule has 1 spiro atoms. The van der Waals surface area contributed by atoms with Crippen molar-refractivity contribution < 1.29 is 9.47 Å². The molecule has 8 nitrogen and oxygen atoms in total. The molecule has 2 unspecified atom stereocenters. The summed E-state index contributed by atoms with van der Waals surface area (Å²) in [4.78, 5) is 13.5. The van der Waals surface area contributed by atoms with Crippen molar-refractivity contribution in [2.24, 2.45) is 0 Å². The Labute approximate surface area is 142 Å². The maximum atomic E-state index is 6.23. The predicted molar refractivity (Wildman–Crippen MR) is 89.7 cm³/mol. The second kappa shape index (κ2) is 7.28. The fraction of sp³-hybridized carbons (Fsp3) is 0.750. The molecule has 2 N–H and O–H groups in total. The van der Waals surface area contributed by atoms with Crippen LogP contribution < -0.4 is 15.8 Å². The zero-order valence-electron chi connectivity index (χ0n) is 14.0. The van der Waals surface area contributed by atoms with E-state index in [2.05, 4.69) is 30.6 Å². The molecule has 24 heavy (non-hydrogen) atoms. The van der Waals surface area contributed by atoms with Gasteiger partial charge in [0, 0.05) is 51.2 Å². The van der Waals surface area contributed by atoms with E-state index in [9.17, 15) is 0 Å². The minimum atomic E-state index is -0.306. The molecule has 0 aliphatic carbocycles. The predicted octanol–water partition coefficient (Wildman–Crippen LogP) is -0.749. The van der Waals surface area contributed by atoms with Crippen LogP contribution in [-0.2, 0) is 9.47 Å². The third kappa shape index (κ3) is 3.68. The minimum absolute atomic E-state index is 0.306. The lowest BCUT2D eigenvalue weighted by molar-refractivity contribution is -0.100. The van der Waals surface area contributed by atoms with Crippen molar-refractivity contribution in [3.63, 3.8) is 0 Å². The first-order valence-corrected chi connectivity index (χ1v) is 8.77. The van der Waals surface area contributed by atoms with E-state index in [4.69, 9.17) is 9.47 Å². The topological polar surface area (TPSA) is 74.8 Å². The minimum Gasteiger partial charge on any atom is -0.377 e. The van der Waals surface area contributed by atoms with Crippen LogP contribution in [0, 0.1) is 0 Å². The fourth-order valence-electron chi connectivity index (χ4n) is 3.78. The Morgan fingerprint density at radius 2 is 2.12 bits per heavy atom. The van der Waals surface area contributed by atoms with Gasteiger partial charge in [-0.05, 0) is 12.5 Å². The van der Waals surface area contributed by atoms with Gasteiger partial charge >= 0.3 is 0 Å². The number of rotatable bonds is 3. The number of morpholine rings is 1. The Kier molecular flexibility index (Phi) is 4.91. The van der Waals surface area contributed by atoms with Crippen LogP contribution >= 0.6 is 0 Å². The quantitative estimate of drug-likeness (QED) is 0.748. The molecule has 132 valence electrons. The van der Waals surface area contributed by atoms with Gasteiger partial charge in [-0.2, -0.15) is 0 Å². The summed E-state index contributed by atoms with van der Waals surface area (Å²) in [6, 6.07) is 2.34. The van der Waals surface area contributed by atoms with Crippen molar-refractivity contribution in [2.45, 2.75) is 18.1 Å². The zero-order chi connectivity index (χ0) is 16.2. The molecule has 0 amide bonds. The van der Waals surface area contributed by atoms with Crippen LogP contribution in [-0.4, -0.2) is 85.6 Å². The largest absolute Gasteiger partial charge is 0.377 e. The number of aromatic nitrogens is 2. The molecule has 3 fully saturated rings. The summed E-state index contributed by atoms with van der Waals surface area (Å²) >= 11 is 0. The lowest BCUT2D eigenvalue weighted by Crippen LogP contribution is -2.59. The van der Waals surface area contributed by atoms with Gasteiger partial charge in [-0.3, -0.25) is 15.8 Å². The number of hydrogen-bond acceptors (Lipinski definition) is 8. The first kappa shape index (κ1) is 16.2. The average molecular weight is 334 g/mol. The first-order chi connectivity index (χ1) is 11.8. The Morgan fingerprint density at radius 3 is 2.96 bits per heavy atom. The van der Waals surface area contributed by atoms with E-state index in [1.165, 1.54) is 0 Å². The van der Waals surface area contributed by atoms with Gasteiger partial charge in [-0.1, -0.05) is 0 Å². The van der Waals surface area contributed by atoms with Crippen molar-refractivity contribution in [1.29, 1.82) is 0 Å². The highest BCUT2D eigenvalue weighted by Gasteiger charge is 2.41. The molecule has 4 rings (SSSR count). The molecule has 1 aromatic rings. The van der Waals surface area contributed by atoms with E-state index in [1.807, 2.05) is 6.07 Å². The average Bonchev–Trinajstić information content (AvgIpc) is 3.05. The van der Waals surface area contributed by atoms with Crippen LogP contribution in [0.15, 0.2) is 18.5 Å². The third-order valence-electron chi connectivity index (χ3n) is 4.91. The molecule has 1 aromatic heterocycles. The van der Waals surface area contributed by atoms with Crippen LogP contribution in [0.5, 0.6) is 0 Å². The highest BCUT2D eigenvalue weighted by molar-refractivity contribution is 5.30. The summed E-state index contributed by atoms with van der Waals surface area (Å²) in [5.41, 5.74) is 6.25. The normalized spacial score (nSPS) is 32.2. The van der Waals surface area contributed by atoms with Gasteiger partial charge in [-0.25, -0.2) is 9.97 Å². The Hall–Kier alpha value is -1.32. The van der Waals surface area contributed by atoms with Crippen LogP contribution in [0.25, 0.3) is 0 Å². The lowest BCUT2D eigenvalue weighted by atomic mass is 10.0. The molecule has 0 aromatic carbocycles. The maximum Gasteiger partial charge on any atom is 0.225 e. The van der Waals surface area contributed by atoms with Gasteiger partial charge in [0.1, 0.15) is 5.60 Å². The first-order valence-electron chi connectivity index (χ1n) is 8.77. The van der Waals surface area contributed by atoms with Crippen LogP contribution in [0.4, 0.5) is 5.95 Å². The molecule has 3 aliphatic heterocycles. The molecule has 0 bridgehead atoms. The third-order valence-corrected chi connectivity index (χ3v) is 4.91. The monoisotopic (exact) mass is 334 g/mol. The molecule has 3 saturated heterocycles. The lowest BCUT2D eigenvalue weighted by Gasteiger charge is -2.43. The van der Waals surface area contributed by atoms with Gasteiger partial charge in [0.25, 0.3) is 0 Å². The van der Waals surface area contributed by atoms with Crippen molar-refractivity contribution in [3.8, 4) is 0 Å². The summed E-state index contributed by atoms with van der Waals surface area (Å²) < 4.78 is 12.1. The van der Waals surface area contributed by atoms with Gasteiger partial charge in [-0.15, -0.1) is 0 Å². The molecule has 0 radical (unpaired) electrons. The number of hydrogen-bond donors (Lipinski definition) is 2. The molecule has 0 saturated carbocycles. The van der Waals surface area contributed by atoms with Crippen LogP contribution in [0.2, 0.25) is 0 Å². The van der Waals surface area contributed by atoms with Gasteiger partial charge in [0.05, 0.1) is 26.4 Å². The summed E-state index contributed by atoms with van der Waals surface area (Å²) in [7, 11) is 0. The van der Waals surface area contributed by atoms with Crippen molar-refractivity contribution >= 4 is 5.95 Å². The van der Waals surface area contributed by atoms with E-state index in [-0.39, 0.29) is 5.60 Å². The van der Waals surface area contributed by atoms with Gasteiger partial charge in [0.2, 0.25) is 5.95 Å². The summed E-state index contributed by atoms with van der Waals surface area (Å²) in [6.45, 7) is 7.54. The van der Waals surface area contributed by atoms with Gasteiger partial charge < -0.3 is 14.4 Å². The SMILES string of the molecule is c1cnc(N2CCOC3(COCCN(CC4CCNN4)C3)C2)nc1.